The molecule has 0 aliphatic heterocycles. The van der Waals surface area contributed by atoms with Gasteiger partial charge in [0.05, 0.1) is 16.6 Å². The first kappa shape index (κ1) is 21.7. The molecule has 0 N–H and O–H groups in total. The highest BCUT2D eigenvalue weighted by atomic mass is 19.1. The highest BCUT2D eigenvalue weighted by Gasteiger charge is 2.26. The Morgan fingerprint density at radius 2 is 1.32 bits per heavy atom. The normalized spacial score (nSPS) is 11.9. The van der Waals surface area contributed by atoms with Gasteiger partial charge in [-0.25, -0.2) is 17.7 Å². The van der Waals surface area contributed by atoms with Crippen molar-refractivity contribution in [3.8, 4) is 16.9 Å². The number of fused-ring (bicyclic) bond motifs is 6. The van der Waals surface area contributed by atoms with E-state index in [4.69, 9.17) is 4.42 Å². The lowest BCUT2D eigenvalue weighted by atomic mass is 10.0. The van der Waals surface area contributed by atoms with Crippen LogP contribution in [0.5, 0.6) is 0 Å². The molecule has 6 heteroatoms. The number of halogens is 3. The number of aryl methyl sites for hydroxylation is 2. The molecule has 7 rings (SSSR count). The maximum atomic E-state index is 15.8. The second kappa shape index (κ2) is 7.71. The summed E-state index contributed by atoms with van der Waals surface area (Å²) in [4.78, 5) is 0. The summed E-state index contributed by atoms with van der Waals surface area (Å²) >= 11 is 0. The molecular weight excluding hydrogens is 473 g/mol. The summed E-state index contributed by atoms with van der Waals surface area (Å²) in [6.45, 7) is 2.01. The molecule has 3 nitrogen and oxygen atoms in total. The van der Waals surface area contributed by atoms with E-state index < -0.39 is 17.5 Å². The minimum atomic E-state index is -0.571. The van der Waals surface area contributed by atoms with Crippen molar-refractivity contribution in [1.29, 1.82) is 0 Å². The van der Waals surface area contributed by atoms with Gasteiger partial charge in [0.1, 0.15) is 30.0 Å². The van der Waals surface area contributed by atoms with E-state index in [1.807, 2.05) is 55.1 Å². The van der Waals surface area contributed by atoms with Gasteiger partial charge in [-0.1, -0.05) is 24.3 Å². The third-order valence-electron chi connectivity index (χ3n) is 7.19. The first-order valence-electron chi connectivity index (χ1n) is 11.9. The van der Waals surface area contributed by atoms with Crippen LogP contribution in [0, 0.1) is 24.4 Å². The Morgan fingerprint density at radius 1 is 0.676 bits per heavy atom. The second-order valence-corrected chi connectivity index (χ2v) is 9.31. The fraction of sp³-hybridized carbons (Fsp3) is 0.0645. The molecule has 4 aromatic carbocycles. The molecule has 7 aromatic rings. The summed E-state index contributed by atoms with van der Waals surface area (Å²) in [5.74, 6) is -1.70. The Morgan fingerprint density at radius 3 is 2.00 bits per heavy atom. The Hall–Kier alpha value is -4.58. The summed E-state index contributed by atoms with van der Waals surface area (Å²) < 4.78 is 55.9. The Bertz CT molecular complexity index is 1990. The molecule has 0 unspecified atom stereocenters. The van der Waals surface area contributed by atoms with E-state index >= 15 is 13.2 Å². The van der Waals surface area contributed by atoms with Gasteiger partial charge >= 0.3 is 0 Å². The molecule has 0 fully saturated rings. The van der Waals surface area contributed by atoms with Crippen molar-refractivity contribution in [2.45, 2.75) is 6.92 Å². The standard InChI is InChI=1S/C31H20F3N2O/c1-17-12-13-18-19-14-15-22(34)29(31(19)37-30(18)26(17)23-9-3-4-16-35(23)2)36-24-10-5-7-20(32)27(24)28-21(33)8-6-11-25(28)36/h3-16H,1-2H3/q+1. The summed E-state index contributed by atoms with van der Waals surface area (Å²) in [6.07, 6.45) is 1.96. The van der Waals surface area contributed by atoms with Gasteiger partial charge in [0, 0.05) is 33.7 Å². The van der Waals surface area contributed by atoms with Crippen LogP contribution < -0.4 is 4.57 Å². The lowest BCUT2D eigenvalue weighted by Gasteiger charge is -2.10. The van der Waals surface area contributed by atoms with Crippen molar-refractivity contribution in [1.82, 2.24) is 4.57 Å². The average Bonchev–Trinajstić information content (AvgIpc) is 3.42. The molecule has 0 radical (unpaired) electrons. The highest BCUT2D eigenvalue weighted by molar-refractivity contribution is 6.14. The lowest BCUT2D eigenvalue weighted by Crippen LogP contribution is -2.30. The summed E-state index contributed by atoms with van der Waals surface area (Å²) in [7, 11) is 1.96. The number of nitrogens with zero attached hydrogens (tertiary/aromatic N) is 2. The Kier molecular flexibility index (Phi) is 4.52. The van der Waals surface area contributed by atoms with Crippen molar-refractivity contribution in [2.75, 3.05) is 0 Å². The predicted octanol–water partition coefficient (Wildman–Crippen LogP) is 7.90. The van der Waals surface area contributed by atoms with Crippen LogP contribution in [0.4, 0.5) is 13.2 Å². The third kappa shape index (κ3) is 2.93. The number of benzene rings is 4. The zero-order valence-corrected chi connectivity index (χ0v) is 20.0. The van der Waals surface area contributed by atoms with Crippen molar-refractivity contribution in [3.05, 3.63) is 108 Å². The highest BCUT2D eigenvalue weighted by Crippen LogP contribution is 2.42. The number of hydrogen-bond acceptors (Lipinski definition) is 1. The number of hydrogen-bond donors (Lipinski definition) is 0. The maximum absolute atomic E-state index is 15.8. The summed E-state index contributed by atoms with van der Waals surface area (Å²) in [6, 6.07) is 22.0. The van der Waals surface area contributed by atoms with Crippen LogP contribution in [-0.2, 0) is 7.05 Å². The zero-order chi connectivity index (χ0) is 25.4. The monoisotopic (exact) mass is 493 g/mol. The van der Waals surface area contributed by atoms with E-state index in [2.05, 4.69) is 0 Å². The predicted molar refractivity (Wildman–Crippen MR) is 139 cm³/mol. The number of aromatic nitrogens is 2. The minimum absolute atomic E-state index is 0.107. The molecule has 37 heavy (non-hydrogen) atoms. The van der Waals surface area contributed by atoms with Crippen molar-refractivity contribution >= 4 is 43.7 Å². The Labute approximate surface area is 209 Å². The molecule has 0 aliphatic rings. The number of pyridine rings is 1. The van der Waals surface area contributed by atoms with E-state index in [1.54, 1.807) is 34.9 Å². The van der Waals surface area contributed by atoms with Gasteiger partial charge in [-0.3, -0.25) is 0 Å². The zero-order valence-electron chi connectivity index (χ0n) is 20.0. The van der Waals surface area contributed by atoms with Gasteiger partial charge in [0.2, 0.25) is 5.69 Å². The van der Waals surface area contributed by atoms with Gasteiger partial charge in [-0.05, 0) is 55.0 Å². The molecule has 0 spiro atoms. The first-order chi connectivity index (χ1) is 18.0. The van der Waals surface area contributed by atoms with E-state index in [1.165, 1.54) is 18.2 Å². The van der Waals surface area contributed by atoms with Gasteiger partial charge in [0.15, 0.2) is 17.6 Å². The van der Waals surface area contributed by atoms with Crippen LogP contribution in [0.1, 0.15) is 5.56 Å². The molecule has 0 atom stereocenters. The van der Waals surface area contributed by atoms with E-state index in [0.717, 1.165) is 22.2 Å². The molecule has 0 amide bonds. The molecular formula is C31H20F3N2O+. The van der Waals surface area contributed by atoms with Crippen LogP contribution in [-0.4, -0.2) is 4.57 Å². The molecule has 0 aliphatic carbocycles. The van der Waals surface area contributed by atoms with Crippen LogP contribution in [0.25, 0.3) is 60.7 Å². The van der Waals surface area contributed by atoms with Gasteiger partial charge in [-0.2, -0.15) is 0 Å². The molecule has 3 heterocycles. The largest absolute Gasteiger partial charge is 0.453 e. The van der Waals surface area contributed by atoms with Crippen LogP contribution in [0.3, 0.4) is 0 Å². The topological polar surface area (TPSA) is 21.9 Å². The van der Waals surface area contributed by atoms with Crippen LogP contribution >= 0.6 is 0 Å². The van der Waals surface area contributed by atoms with E-state index in [9.17, 15) is 0 Å². The van der Waals surface area contributed by atoms with Gasteiger partial charge in [0.25, 0.3) is 0 Å². The minimum Gasteiger partial charge on any atom is -0.453 e. The summed E-state index contributed by atoms with van der Waals surface area (Å²) in [5.41, 5.74) is 4.64. The SMILES string of the molecule is Cc1ccc2c(oc3c(-n4c5cccc(F)c5c5c(F)cccc54)c(F)ccc32)c1-c1cccc[n+]1C. The van der Waals surface area contributed by atoms with E-state index in [-0.39, 0.29) is 16.5 Å². The molecule has 0 saturated carbocycles. The van der Waals surface area contributed by atoms with Crippen molar-refractivity contribution < 1.29 is 22.2 Å². The van der Waals surface area contributed by atoms with Gasteiger partial charge < -0.3 is 8.98 Å². The quantitative estimate of drug-likeness (QED) is 0.224. The number of furan rings is 1. The molecule has 180 valence electrons. The fourth-order valence-corrected chi connectivity index (χ4v) is 5.54. The number of rotatable bonds is 2. The second-order valence-electron chi connectivity index (χ2n) is 9.31. The lowest BCUT2D eigenvalue weighted by molar-refractivity contribution is -0.660. The van der Waals surface area contributed by atoms with Crippen molar-refractivity contribution in [2.24, 2.45) is 7.05 Å². The summed E-state index contributed by atoms with van der Waals surface area (Å²) in [5, 5.41) is 1.76. The maximum Gasteiger partial charge on any atom is 0.216 e. The van der Waals surface area contributed by atoms with Crippen molar-refractivity contribution in [3.63, 3.8) is 0 Å². The smallest absolute Gasteiger partial charge is 0.216 e. The molecule has 0 saturated heterocycles. The Balaban J connectivity index is 1.67. The van der Waals surface area contributed by atoms with Crippen LogP contribution in [0.2, 0.25) is 0 Å². The average molecular weight is 494 g/mol. The molecule has 0 bridgehead atoms. The fourth-order valence-electron chi connectivity index (χ4n) is 5.54. The van der Waals surface area contributed by atoms with Crippen LogP contribution in [0.15, 0.2) is 89.5 Å². The first-order valence-corrected chi connectivity index (χ1v) is 11.9. The van der Waals surface area contributed by atoms with Gasteiger partial charge in [-0.15, -0.1) is 0 Å². The molecule has 3 aromatic heterocycles. The van der Waals surface area contributed by atoms with E-state index in [0.29, 0.717) is 27.6 Å². The third-order valence-corrected chi connectivity index (χ3v) is 7.19.